The summed E-state index contributed by atoms with van der Waals surface area (Å²) >= 11 is 0.985. The lowest BCUT2D eigenvalue weighted by molar-refractivity contribution is -0.380. The third-order valence-electron chi connectivity index (χ3n) is 3.25. The van der Waals surface area contributed by atoms with E-state index in [4.69, 9.17) is 4.74 Å². The maximum Gasteiger partial charge on any atom is 0.330 e. The van der Waals surface area contributed by atoms with Gasteiger partial charge in [0.1, 0.15) is 6.61 Å². The molecule has 3 rings (SSSR count). The first-order chi connectivity index (χ1) is 12.0. The van der Waals surface area contributed by atoms with Gasteiger partial charge in [0.05, 0.1) is 4.92 Å². The lowest BCUT2D eigenvalue weighted by Gasteiger charge is -2.01. The number of nitrogens with zero attached hydrogens (tertiary/aromatic N) is 5. The molecule has 9 nitrogen and oxygen atoms in total. The number of hydrogen-bond donors (Lipinski definition) is 0. The Bertz CT molecular complexity index is 903. The lowest BCUT2D eigenvalue weighted by Crippen LogP contribution is -2.15. The van der Waals surface area contributed by atoms with Crippen LogP contribution < -0.4 is 0 Å². The van der Waals surface area contributed by atoms with Crippen LogP contribution in [0.5, 0.6) is 0 Å². The Morgan fingerprint density at radius 2 is 2.12 bits per heavy atom. The van der Waals surface area contributed by atoms with Gasteiger partial charge in [-0.2, -0.15) is 4.80 Å². The van der Waals surface area contributed by atoms with Crippen molar-refractivity contribution in [3.05, 3.63) is 57.0 Å². The minimum absolute atomic E-state index is 0.00623. The molecule has 0 aliphatic carbocycles. The topological polar surface area (TPSA) is 113 Å². The van der Waals surface area contributed by atoms with Crippen molar-refractivity contribution < 1.29 is 14.5 Å². The molecule has 0 amide bonds. The van der Waals surface area contributed by atoms with E-state index in [0.717, 1.165) is 27.3 Å². The zero-order valence-corrected chi connectivity index (χ0v) is 14.0. The van der Waals surface area contributed by atoms with Crippen molar-refractivity contribution >= 4 is 22.3 Å². The number of carbonyl (C=O) groups is 1. The van der Waals surface area contributed by atoms with Crippen molar-refractivity contribution in [3.8, 4) is 11.4 Å². The predicted molar refractivity (Wildman–Crippen MR) is 88.8 cm³/mol. The molecule has 0 atom stereocenters. The molecule has 0 radical (unpaired) electrons. The van der Waals surface area contributed by atoms with Crippen molar-refractivity contribution in [1.82, 2.24) is 20.2 Å². The highest BCUT2D eigenvalue weighted by molar-refractivity contribution is 7.13. The van der Waals surface area contributed by atoms with E-state index >= 15 is 0 Å². The Morgan fingerprint density at radius 1 is 1.36 bits per heavy atom. The van der Waals surface area contributed by atoms with Crippen molar-refractivity contribution in [2.45, 2.75) is 20.1 Å². The summed E-state index contributed by atoms with van der Waals surface area (Å²) < 4.78 is 5.07. The molecule has 0 spiro atoms. The van der Waals surface area contributed by atoms with Gasteiger partial charge in [-0.1, -0.05) is 41.2 Å². The molecule has 0 bridgehead atoms. The second kappa shape index (κ2) is 7.18. The van der Waals surface area contributed by atoms with Crippen molar-refractivity contribution in [3.63, 3.8) is 0 Å². The van der Waals surface area contributed by atoms with Crippen LogP contribution in [0.1, 0.15) is 11.1 Å². The fraction of sp³-hybridized carbons (Fsp3) is 0.200. The van der Waals surface area contributed by atoms with Crippen molar-refractivity contribution in [2.75, 3.05) is 0 Å². The molecule has 0 aliphatic heterocycles. The molecule has 3 aromatic rings. The molecule has 1 aromatic carbocycles. The van der Waals surface area contributed by atoms with E-state index < -0.39 is 10.9 Å². The second-order valence-electron chi connectivity index (χ2n) is 5.22. The van der Waals surface area contributed by atoms with E-state index in [2.05, 4.69) is 15.4 Å². The van der Waals surface area contributed by atoms with E-state index in [0.29, 0.717) is 11.4 Å². The Hall–Kier alpha value is -3.14. The Balaban J connectivity index is 1.56. The first-order valence-corrected chi connectivity index (χ1v) is 8.11. The van der Waals surface area contributed by atoms with Crippen LogP contribution in [0.2, 0.25) is 0 Å². The Morgan fingerprint density at radius 3 is 2.80 bits per heavy atom. The number of aromatic nitrogens is 4. The molecule has 128 valence electrons. The highest BCUT2D eigenvalue weighted by Crippen LogP contribution is 2.23. The van der Waals surface area contributed by atoms with Crippen LogP contribution in [-0.4, -0.2) is 31.1 Å². The van der Waals surface area contributed by atoms with Gasteiger partial charge < -0.3 is 4.74 Å². The minimum Gasteiger partial charge on any atom is -0.459 e. The molecule has 0 unspecified atom stereocenters. The van der Waals surface area contributed by atoms with Crippen LogP contribution in [0.15, 0.2) is 35.7 Å². The van der Waals surface area contributed by atoms with Gasteiger partial charge in [0.15, 0.2) is 6.54 Å². The van der Waals surface area contributed by atoms with Gasteiger partial charge in [-0.05, 0) is 12.1 Å². The summed E-state index contributed by atoms with van der Waals surface area (Å²) in [7, 11) is 0. The fourth-order valence-corrected chi connectivity index (χ4v) is 2.70. The molecule has 2 aromatic heterocycles. The molecule has 0 saturated carbocycles. The largest absolute Gasteiger partial charge is 0.459 e. The van der Waals surface area contributed by atoms with Crippen LogP contribution in [0, 0.1) is 17.0 Å². The summed E-state index contributed by atoms with van der Waals surface area (Å²) in [6, 6.07) is 8.99. The van der Waals surface area contributed by atoms with Gasteiger partial charge >= 0.3 is 11.0 Å². The van der Waals surface area contributed by atoms with E-state index in [1.807, 2.05) is 31.2 Å². The molecule has 0 saturated heterocycles. The average molecular weight is 359 g/mol. The highest BCUT2D eigenvalue weighted by atomic mass is 32.1. The maximum atomic E-state index is 11.8. The average Bonchev–Trinajstić information content (AvgIpc) is 3.23. The van der Waals surface area contributed by atoms with Crippen LogP contribution in [0.25, 0.3) is 11.4 Å². The summed E-state index contributed by atoms with van der Waals surface area (Å²) in [5.41, 5.74) is 2.49. The Labute approximate surface area is 146 Å². The molecule has 0 aliphatic rings. The van der Waals surface area contributed by atoms with Crippen molar-refractivity contribution in [1.29, 1.82) is 0 Å². The highest BCUT2D eigenvalue weighted by Gasteiger charge is 2.13. The maximum absolute atomic E-state index is 11.8. The Kier molecular flexibility index (Phi) is 4.80. The number of aryl methyl sites for hydroxylation is 1. The number of thiophene rings is 1. The fourth-order valence-electron chi connectivity index (χ4n) is 1.99. The number of carbonyl (C=O) groups excluding carboxylic acids is 1. The van der Waals surface area contributed by atoms with Crippen LogP contribution in [0.3, 0.4) is 0 Å². The molecular weight excluding hydrogens is 346 g/mol. The van der Waals surface area contributed by atoms with Gasteiger partial charge in [0, 0.05) is 22.6 Å². The first-order valence-electron chi connectivity index (χ1n) is 7.23. The van der Waals surface area contributed by atoms with Gasteiger partial charge in [-0.25, -0.2) is 4.79 Å². The number of hydrogen-bond acceptors (Lipinski definition) is 8. The van der Waals surface area contributed by atoms with E-state index in [-0.39, 0.29) is 18.2 Å². The number of nitro groups is 1. The van der Waals surface area contributed by atoms with Gasteiger partial charge in [0.2, 0.25) is 5.82 Å². The van der Waals surface area contributed by atoms with Gasteiger partial charge in [0.25, 0.3) is 0 Å². The van der Waals surface area contributed by atoms with Crippen LogP contribution in [0.4, 0.5) is 5.00 Å². The van der Waals surface area contributed by atoms with Gasteiger partial charge in [-0.15, -0.1) is 10.2 Å². The normalized spacial score (nSPS) is 10.6. The SMILES string of the molecule is Cc1ccc(-c2nnn(CC(=O)OCc3csc([N+](=O)[O-])c3)n2)cc1. The number of esters is 1. The molecule has 25 heavy (non-hydrogen) atoms. The van der Waals surface area contributed by atoms with E-state index in [1.54, 1.807) is 5.38 Å². The first kappa shape index (κ1) is 16.7. The number of ether oxygens (including phenoxy) is 1. The summed E-state index contributed by atoms with van der Waals surface area (Å²) in [5.74, 6) is -0.136. The van der Waals surface area contributed by atoms with Crippen molar-refractivity contribution in [2.24, 2.45) is 0 Å². The quantitative estimate of drug-likeness (QED) is 0.377. The summed E-state index contributed by atoms with van der Waals surface area (Å²) in [6.07, 6.45) is 0. The van der Waals surface area contributed by atoms with E-state index in [1.165, 1.54) is 6.07 Å². The zero-order chi connectivity index (χ0) is 17.8. The monoisotopic (exact) mass is 359 g/mol. The molecule has 2 heterocycles. The molecule has 0 fully saturated rings. The molecule has 0 N–H and O–H groups in total. The summed E-state index contributed by atoms with van der Waals surface area (Å²) in [6.45, 7) is 1.75. The molecular formula is C15H13N5O4S. The number of tetrazole rings is 1. The number of rotatable bonds is 6. The third kappa shape index (κ3) is 4.23. The zero-order valence-electron chi connectivity index (χ0n) is 13.2. The third-order valence-corrected chi connectivity index (χ3v) is 4.18. The number of benzene rings is 1. The minimum atomic E-state index is -0.554. The lowest BCUT2D eigenvalue weighted by atomic mass is 10.1. The van der Waals surface area contributed by atoms with E-state index in [9.17, 15) is 14.9 Å². The van der Waals surface area contributed by atoms with Crippen LogP contribution >= 0.6 is 11.3 Å². The molecule has 10 heteroatoms. The second-order valence-corrected chi connectivity index (χ2v) is 6.11. The van der Waals surface area contributed by atoms with Gasteiger partial charge in [-0.3, -0.25) is 10.1 Å². The predicted octanol–water partition coefficient (Wildman–Crippen LogP) is 2.36. The summed E-state index contributed by atoms with van der Waals surface area (Å²) in [5, 5.41) is 24.1. The van der Waals surface area contributed by atoms with Crippen LogP contribution in [-0.2, 0) is 22.7 Å². The summed E-state index contributed by atoms with van der Waals surface area (Å²) in [4.78, 5) is 23.1. The standard InChI is InChI=1S/C15H13N5O4S/c1-10-2-4-12(5-3-10)15-16-18-19(17-15)7-14(21)24-8-11-6-13(20(22)23)25-9-11/h2-6,9H,7-8H2,1H3. The smallest absolute Gasteiger partial charge is 0.330 e.